The Morgan fingerprint density at radius 1 is 1.33 bits per heavy atom. The highest BCUT2D eigenvalue weighted by Gasteiger charge is 2.24. The summed E-state index contributed by atoms with van der Waals surface area (Å²) in [5.74, 6) is 0.578. The largest absolute Gasteiger partial charge is 0.384 e. The zero-order valence-electron chi connectivity index (χ0n) is 14.5. The second-order valence-electron chi connectivity index (χ2n) is 6.44. The van der Waals surface area contributed by atoms with Crippen LogP contribution in [0.25, 0.3) is 10.4 Å². The van der Waals surface area contributed by atoms with Crippen molar-refractivity contribution in [3.05, 3.63) is 40.5 Å². The normalized spacial score (nSPS) is 18.0. The van der Waals surface area contributed by atoms with Crippen LogP contribution in [0.2, 0.25) is 0 Å². The third-order valence-corrected chi connectivity index (χ3v) is 5.63. The summed E-state index contributed by atoms with van der Waals surface area (Å²) in [5.41, 5.74) is 2.94. The van der Waals surface area contributed by atoms with Gasteiger partial charge < -0.3 is 9.64 Å². The second-order valence-corrected chi connectivity index (χ2v) is 7.64. The van der Waals surface area contributed by atoms with Gasteiger partial charge in [-0.15, -0.1) is 11.3 Å². The van der Waals surface area contributed by atoms with E-state index in [0.29, 0.717) is 5.92 Å². The fraction of sp³-hybridized carbons (Fsp3) is 0.474. The maximum absolute atomic E-state index is 12.7. The van der Waals surface area contributed by atoms with Gasteiger partial charge in [0, 0.05) is 25.8 Å². The smallest absolute Gasteiger partial charge is 0.253 e. The molecule has 0 radical (unpaired) electrons. The maximum Gasteiger partial charge on any atom is 0.253 e. The van der Waals surface area contributed by atoms with Crippen LogP contribution < -0.4 is 0 Å². The lowest BCUT2D eigenvalue weighted by atomic mass is 9.98. The Balaban J connectivity index is 1.73. The Kier molecular flexibility index (Phi) is 5.31. The number of methoxy groups -OCH3 is 1. The molecule has 5 heteroatoms. The van der Waals surface area contributed by atoms with Gasteiger partial charge in [-0.1, -0.05) is 12.1 Å². The quantitative estimate of drug-likeness (QED) is 0.844. The minimum Gasteiger partial charge on any atom is -0.384 e. The molecule has 0 N–H and O–H groups in total. The first kappa shape index (κ1) is 17.1. The van der Waals surface area contributed by atoms with E-state index >= 15 is 0 Å². The van der Waals surface area contributed by atoms with Gasteiger partial charge in [0.05, 0.1) is 22.2 Å². The number of piperidine rings is 1. The zero-order chi connectivity index (χ0) is 17.1. The van der Waals surface area contributed by atoms with E-state index in [-0.39, 0.29) is 5.91 Å². The van der Waals surface area contributed by atoms with Crippen LogP contribution in [0.15, 0.2) is 24.3 Å². The van der Waals surface area contributed by atoms with E-state index in [1.165, 1.54) is 4.88 Å². The fourth-order valence-electron chi connectivity index (χ4n) is 3.37. The Hall–Kier alpha value is -1.72. The van der Waals surface area contributed by atoms with Crippen LogP contribution >= 0.6 is 11.3 Å². The Labute approximate surface area is 147 Å². The van der Waals surface area contributed by atoms with Gasteiger partial charge in [-0.25, -0.2) is 4.98 Å². The molecule has 1 aliphatic rings. The molecule has 0 unspecified atom stereocenters. The van der Waals surface area contributed by atoms with E-state index in [2.05, 4.69) is 4.98 Å². The topological polar surface area (TPSA) is 42.4 Å². The number of aromatic nitrogens is 1. The molecule has 1 saturated heterocycles. The van der Waals surface area contributed by atoms with Gasteiger partial charge in [0.2, 0.25) is 0 Å². The molecule has 0 spiro atoms. The number of nitrogens with zero attached hydrogens (tertiary/aromatic N) is 2. The molecule has 1 aromatic heterocycles. The molecule has 1 fully saturated rings. The van der Waals surface area contributed by atoms with Crippen LogP contribution in [0.1, 0.15) is 33.9 Å². The molecule has 24 heavy (non-hydrogen) atoms. The standard InChI is InChI=1S/C19H24N2O2S/c1-13-18(24-14(2)20-13)16-6-8-17(9-7-16)19(22)21-10-4-5-15(11-21)12-23-3/h6-9,15H,4-5,10-12H2,1-3H3/t15-/m1/s1. The lowest BCUT2D eigenvalue weighted by molar-refractivity contribution is 0.0571. The SMILES string of the molecule is COC[C@@H]1CCCN(C(=O)c2ccc(-c3sc(C)nc3C)cc2)C1. The van der Waals surface area contributed by atoms with Crippen molar-refractivity contribution in [1.29, 1.82) is 0 Å². The van der Waals surface area contributed by atoms with Crippen molar-refractivity contribution in [2.45, 2.75) is 26.7 Å². The van der Waals surface area contributed by atoms with Crippen molar-refractivity contribution in [1.82, 2.24) is 9.88 Å². The van der Waals surface area contributed by atoms with Gasteiger partial charge >= 0.3 is 0 Å². The van der Waals surface area contributed by atoms with Crippen molar-refractivity contribution in [2.24, 2.45) is 5.92 Å². The van der Waals surface area contributed by atoms with Crippen LogP contribution in [0.4, 0.5) is 0 Å². The van der Waals surface area contributed by atoms with Crippen molar-refractivity contribution in [3.8, 4) is 10.4 Å². The van der Waals surface area contributed by atoms with E-state index in [9.17, 15) is 4.79 Å². The van der Waals surface area contributed by atoms with E-state index in [1.54, 1.807) is 18.4 Å². The number of hydrogen-bond donors (Lipinski definition) is 0. The van der Waals surface area contributed by atoms with Gasteiger partial charge in [-0.3, -0.25) is 4.79 Å². The van der Waals surface area contributed by atoms with Crippen molar-refractivity contribution in [3.63, 3.8) is 0 Å². The number of likely N-dealkylation sites (tertiary alicyclic amines) is 1. The Morgan fingerprint density at radius 2 is 2.08 bits per heavy atom. The number of benzene rings is 1. The first-order valence-corrected chi connectivity index (χ1v) is 9.23. The Morgan fingerprint density at radius 3 is 2.71 bits per heavy atom. The summed E-state index contributed by atoms with van der Waals surface area (Å²) in [6, 6.07) is 7.94. The highest BCUT2D eigenvalue weighted by Crippen LogP contribution is 2.30. The number of aryl methyl sites for hydroxylation is 2. The minimum atomic E-state index is 0.125. The second kappa shape index (κ2) is 7.45. The van der Waals surface area contributed by atoms with Gasteiger partial charge in [-0.2, -0.15) is 0 Å². The van der Waals surface area contributed by atoms with Crippen molar-refractivity contribution in [2.75, 3.05) is 26.8 Å². The molecule has 0 bridgehead atoms. The molecule has 1 aliphatic heterocycles. The molecule has 1 aromatic carbocycles. The monoisotopic (exact) mass is 344 g/mol. The third kappa shape index (κ3) is 3.68. The molecule has 2 aromatic rings. The number of rotatable bonds is 4. The third-order valence-electron chi connectivity index (χ3n) is 4.51. The number of carbonyl (C=O) groups excluding carboxylic acids is 1. The van der Waals surface area contributed by atoms with Crippen LogP contribution in [0.5, 0.6) is 0 Å². The average molecular weight is 344 g/mol. The molecule has 0 aliphatic carbocycles. The molecule has 1 amide bonds. The average Bonchev–Trinajstić information content (AvgIpc) is 2.93. The molecule has 3 rings (SSSR count). The first-order valence-electron chi connectivity index (χ1n) is 8.41. The van der Waals surface area contributed by atoms with Crippen LogP contribution in [0, 0.1) is 19.8 Å². The van der Waals surface area contributed by atoms with Gasteiger partial charge in [0.1, 0.15) is 0 Å². The predicted molar refractivity (Wildman–Crippen MR) is 97.5 cm³/mol. The molecule has 2 heterocycles. The van der Waals surface area contributed by atoms with E-state index < -0.39 is 0 Å². The lowest BCUT2D eigenvalue weighted by Crippen LogP contribution is -2.41. The molecule has 1 atom stereocenters. The van der Waals surface area contributed by atoms with Crippen molar-refractivity contribution >= 4 is 17.2 Å². The van der Waals surface area contributed by atoms with E-state index in [4.69, 9.17) is 4.74 Å². The number of amides is 1. The number of thiazole rings is 1. The Bertz CT molecular complexity index is 707. The molecule has 0 saturated carbocycles. The summed E-state index contributed by atoms with van der Waals surface area (Å²) in [4.78, 5) is 20.4. The van der Waals surface area contributed by atoms with Crippen LogP contribution in [-0.2, 0) is 4.74 Å². The fourth-order valence-corrected chi connectivity index (χ4v) is 4.29. The van der Waals surface area contributed by atoms with E-state index in [0.717, 1.165) is 54.4 Å². The number of hydrogen-bond acceptors (Lipinski definition) is 4. The lowest BCUT2D eigenvalue weighted by Gasteiger charge is -2.32. The highest BCUT2D eigenvalue weighted by atomic mass is 32.1. The summed E-state index contributed by atoms with van der Waals surface area (Å²) >= 11 is 1.70. The predicted octanol–water partition coefficient (Wildman–Crippen LogP) is 3.93. The van der Waals surface area contributed by atoms with Gasteiger partial charge in [0.15, 0.2) is 0 Å². The summed E-state index contributed by atoms with van der Waals surface area (Å²) < 4.78 is 5.25. The molecular weight excluding hydrogens is 320 g/mol. The van der Waals surface area contributed by atoms with Crippen molar-refractivity contribution < 1.29 is 9.53 Å². The zero-order valence-corrected chi connectivity index (χ0v) is 15.4. The number of carbonyl (C=O) groups is 1. The summed E-state index contributed by atoms with van der Waals surface area (Å²) in [7, 11) is 1.72. The minimum absolute atomic E-state index is 0.125. The summed E-state index contributed by atoms with van der Waals surface area (Å²) in [5, 5.41) is 1.07. The van der Waals surface area contributed by atoms with E-state index in [1.807, 2.05) is 43.0 Å². The first-order chi connectivity index (χ1) is 11.6. The van der Waals surface area contributed by atoms with Gasteiger partial charge in [-0.05, 0) is 50.3 Å². The summed E-state index contributed by atoms with van der Waals surface area (Å²) in [6.07, 6.45) is 2.19. The highest BCUT2D eigenvalue weighted by molar-refractivity contribution is 7.15. The molecule has 4 nitrogen and oxygen atoms in total. The molecule has 128 valence electrons. The molecular formula is C19H24N2O2S. The van der Waals surface area contributed by atoms with Crippen LogP contribution in [0.3, 0.4) is 0 Å². The summed E-state index contributed by atoms with van der Waals surface area (Å²) in [6.45, 7) is 6.41. The van der Waals surface area contributed by atoms with Crippen LogP contribution in [-0.4, -0.2) is 42.6 Å². The maximum atomic E-state index is 12.7. The van der Waals surface area contributed by atoms with Gasteiger partial charge in [0.25, 0.3) is 5.91 Å². The number of ether oxygens (including phenoxy) is 1.